The maximum absolute atomic E-state index is 12.0. The first kappa shape index (κ1) is 13.7. The summed E-state index contributed by atoms with van der Waals surface area (Å²) in [4.78, 5) is 12.0. The molecule has 0 saturated heterocycles. The number of hydrogen-bond donors (Lipinski definition) is 0. The third-order valence-corrected chi connectivity index (χ3v) is 3.35. The molecule has 0 spiro atoms. The number of carbonyl (C=O) groups excluding carboxylic acids is 1. The molecule has 0 aromatic heterocycles. The number of ketones is 1. The highest BCUT2D eigenvalue weighted by atomic mass is 16.5. The van der Waals surface area contributed by atoms with E-state index in [9.17, 15) is 4.79 Å². The van der Waals surface area contributed by atoms with Crippen LogP contribution in [0.3, 0.4) is 0 Å². The summed E-state index contributed by atoms with van der Waals surface area (Å²) in [7, 11) is 0. The van der Waals surface area contributed by atoms with E-state index in [2.05, 4.69) is 13.8 Å². The highest BCUT2D eigenvalue weighted by molar-refractivity contribution is 5.85. The number of Topliss-reactive ketones (excluding diaryl/α,β-unsaturated/α-hetero) is 1. The lowest BCUT2D eigenvalue weighted by atomic mass is 9.93. The smallest absolute Gasteiger partial charge is 0.164 e. The number of carbonyl (C=O) groups is 1. The van der Waals surface area contributed by atoms with Gasteiger partial charge < -0.3 is 4.74 Å². The van der Waals surface area contributed by atoms with Crippen molar-refractivity contribution in [3.8, 4) is 0 Å². The third kappa shape index (κ3) is 3.89. The third-order valence-electron chi connectivity index (χ3n) is 3.35. The molecule has 94 valence electrons. The normalized spacial score (nSPS) is 20.4. The maximum atomic E-state index is 12.0. The average Bonchev–Trinajstić information content (AvgIpc) is 2.26. The van der Waals surface area contributed by atoms with Crippen LogP contribution in [-0.4, -0.2) is 18.0 Å². The van der Waals surface area contributed by atoms with E-state index >= 15 is 0 Å². The SMILES string of the molecule is CC(C)C(=O)[C@@H](OC1CCCCC1)C(C)C. The summed E-state index contributed by atoms with van der Waals surface area (Å²) in [6.07, 6.45) is 6.23. The van der Waals surface area contributed by atoms with Crippen LogP contribution in [0.5, 0.6) is 0 Å². The monoisotopic (exact) mass is 226 g/mol. The molecule has 0 unspecified atom stereocenters. The lowest BCUT2D eigenvalue weighted by molar-refractivity contribution is -0.142. The molecule has 1 atom stereocenters. The first-order valence-corrected chi connectivity index (χ1v) is 6.71. The van der Waals surface area contributed by atoms with Crippen molar-refractivity contribution in [1.29, 1.82) is 0 Å². The Hall–Kier alpha value is -0.370. The molecule has 0 radical (unpaired) electrons. The van der Waals surface area contributed by atoms with Gasteiger partial charge in [0.1, 0.15) is 6.10 Å². The summed E-state index contributed by atoms with van der Waals surface area (Å²) in [6, 6.07) is 0. The Bertz CT molecular complexity index is 215. The second-order valence-corrected chi connectivity index (χ2v) is 5.62. The Labute approximate surface area is 99.8 Å². The highest BCUT2D eigenvalue weighted by Crippen LogP contribution is 2.24. The number of hydrogen-bond acceptors (Lipinski definition) is 2. The van der Waals surface area contributed by atoms with E-state index in [0.29, 0.717) is 6.10 Å². The van der Waals surface area contributed by atoms with Gasteiger partial charge in [-0.15, -0.1) is 0 Å². The van der Waals surface area contributed by atoms with Gasteiger partial charge in [0.2, 0.25) is 0 Å². The molecule has 1 aliphatic rings. The van der Waals surface area contributed by atoms with Crippen LogP contribution in [0.1, 0.15) is 59.8 Å². The molecule has 0 aliphatic heterocycles. The molecule has 0 amide bonds. The molecule has 16 heavy (non-hydrogen) atoms. The zero-order valence-corrected chi connectivity index (χ0v) is 11.2. The van der Waals surface area contributed by atoms with Gasteiger partial charge in [-0.1, -0.05) is 47.0 Å². The minimum atomic E-state index is -0.192. The van der Waals surface area contributed by atoms with Crippen molar-refractivity contribution >= 4 is 5.78 Å². The molecule has 0 aromatic rings. The first-order valence-electron chi connectivity index (χ1n) is 6.71. The second kappa shape index (κ2) is 6.39. The van der Waals surface area contributed by atoms with Crippen molar-refractivity contribution in [2.45, 2.75) is 72.0 Å². The van der Waals surface area contributed by atoms with Gasteiger partial charge in [-0.3, -0.25) is 4.79 Å². The van der Waals surface area contributed by atoms with Crippen molar-refractivity contribution < 1.29 is 9.53 Å². The summed E-state index contributed by atoms with van der Waals surface area (Å²) in [5.74, 6) is 0.633. The van der Waals surface area contributed by atoms with Crippen molar-refractivity contribution in [2.75, 3.05) is 0 Å². The van der Waals surface area contributed by atoms with Gasteiger partial charge in [-0.05, 0) is 18.8 Å². The van der Waals surface area contributed by atoms with Crippen molar-refractivity contribution in [1.82, 2.24) is 0 Å². The molecule has 1 rings (SSSR count). The molecule has 2 heteroatoms. The lowest BCUT2D eigenvalue weighted by Gasteiger charge is -2.29. The largest absolute Gasteiger partial charge is 0.367 e. The Morgan fingerprint density at radius 2 is 1.62 bits per heavy atom. The molecule has 0 N–H and O–H groups in total. The van der Waals surface area contributed by atoms with E-state index in [1.807, 2.05) is 13.8 Å². The molecule has 1 aliphatic carbocycles. The van der Waals surface area contributed by atoms with Crippen molar-refractivity contribution in [3.05, 3.63) is 0 Å². The van der Waals surface area contributed by atoms with E-state index in [0.717, 1.165) is 12.8 Å². The molecular weight excluding hydrogens is 200 g/mol. The van der Waals surface area contributed by atoms with Gasteiger partial charge in [0.25, 0.3) is 0 Å². The maximum Gasteiger partial charge on any atom is 0.164 e. The van der Waals surface area contributed by atoms with Crippen molar-refractivity contribution in [3.63, 3.8) is 0 Å². The van der Waals surface area contributed by atoms with Gasteiger partial charge in [0, 0.05) is 5.92 Å². The second-order valence-electron chi connectivity index (χ2n) is 5.62. The minimum absolute atomic E-state index is 0.0796. The quantitative estimate of drug-likeness (QED) is 0.716. The number of ether oxygens (including phenoxy) is 1. The summed E-state index contributed by atoms with van der Waals surface area (Å²) in [6.45, 7) is 8.07. The van der Waals surface area contributed by atoms with Crippen LogP contribution in [0.4, 0.5) is 0 Å². The van der Waals surface area contributed by atoms with Crippen LogP contribution in [-0.2, 0) is 9.53 Å². The van der Waals surface area contributed by atoms with E-state index < -0.39 is 0 Å². The zero-order valence-electron chi connectivity index (χ0n) is 11.2. The van der Waals surface area contributed by atoms with Crippen LogP contribution < -0.4 is 0 Å². The van der Waals surface area contributed by atoms with Crippen LogP contribution >= 0.6 is 0 Å². The van der Waals surface area contributed by atoms with E-state index in [1.54, 1.807) is 0 Å². The summed E-state index contributed by atoms with van der Waals surface area (Å²) >= 11 is 0. The van der Waals surface area contributed by atoms with Crippen LogP contribution in [0, 0.1) is 11.8 Å². The lowest BCUT2D eigenvalue weighted by Crippen LogP contribution is -2.37. The fraction of sp³-hybridized carbons (Fsp3) is 0.929. The van der Waals surface area contributed by atoms with E-state index in [4.69, 9.17) is 4.74 Å². The standard InChI is InChI=1S/C14H26O2/c1-10(2)13(15)14(11(3)4)16-12-8-6-5-7-9-12/h10-12,14H,5-9H2,1-4H3/t14-/m0/s1. The summed E-state index contributed by atoms with van der Waals surface area (Å²) in [5, 5.41) is 0. The van der Waals surface area contributed by atoms with Crippen LogP contribution in [0.15, 0.2) is 0 Å². The van der Waals surface area contributed by atoms with E-state index in [-0.39, 0.29) is 23.7 Å². The van der Waals surface area contributed by atoms with Gasteiger partial charge in [0.15, 0.2) is 5.78 Å². The van der Waals surface area contributed by atoms with Gasteiger partial charge in [0.05, 0.1) is 6.10 Å². The summed E-state index contributed by atoms with van der Waals surface area (Å²) < 4.78 is 6.03. The Kier molecular flexibility index (Phi) is 5.47. The molecule has 1 saturated carbocycles. The molecule has 2 nitrogen and oxygen atoms in total. The molecule has 0 heterocycles. The fourth-order valence-electron chi connectivity index (χ4n) is 2.29. The zero-order chi connectivity index (χ0) is 12.1. The van der Waals surface area contributed by atoms with Crippen LogP contribution in [0.25, 0.3) is 0 Å². The van der Waals surface area contributed by atoms with E-state index in [1.165, 1.54) is 19.3 Å². The Morgan fingerprint density at radius 1 is 1.06 bits per heavy atom. The average molecular weight is 226 g/mol. The van der Waals surface area contributed by atoms with Gasteiger partial charge in [-0.2, -0.15) is 0 Å². The highest BCUT2D eigenvalue weighted by Gasteiger charge is 2.28. The van der Waals surface area contributed by atoms with Gasteiger partial charge in [-0.25, -0.2) is 0 Å². The predicted molar refractivity (Wildman–Crippen MR) is 66.4 cm³/mol. The predicted octanol–water partition coefficient (Wildman–Crippen LogP) is 3.59. The minimum Gasteiger partial charge on any atom is -0.367 e. The van der Waals surface area contributed by atoms with Crippen LogP contribution in [0.2, 0.25) is 0 Å². The van der Waals surface area contributed by atoms with Crippen molar-refractivity contribution in [2.24, 2.45) is 11.8 Å². The molecule has 1 fully saturated rings. The summed E-state index contributed by atoms with van der Waals surface area (Å²) in [5.41, 5.74) is 0. The molecule has 0 bridgehead atoms. The Morgan fingerprint density at radius 3 is 2.06 bits per heavy atom. The van der Waals surface area contributed by atoms with Gasteiger partial charge >= 0.3 is 0 Å². The number of rotatable bonds is 5. The fourth-order valence-corrected chi connectivity index (χ4v) is 2.29. The topological polar surface area (TPSA) is 26.3 Å². The molecular formula is C14H26O2. The molecule has 0 aromatic carbocycles. The first-order chi connectivity index (χ1) is 7.52. The Balaban J connectivity index is 2.53.